The minimum absolute atomic E-state index is 0. The Kier molecular flexibility index (Phi) is 8.27. The number of hydrogen-bond donors (Lipinski definition) is 3. The fourth-order valence-electron chi connectivity index (χ4n) is 3.38. The van der Waals surface area contributed by atoms with E-state index in [0.717, 1.165) is 51.4 Å². The van der Waals surface area contributed by atoms with E-state index in [-0.39, 0.29) is 30.5 Å². The first kappa shape index (κ1) is 20.7. The summed E-state index contributed by atoms with van der Waals surface area (Å²) in [5.41, 5.74) is 5.82. The van der Waals surface area contributed by atoms with Crippen LogP contribution in [0.15, 0.2) is 0 Å². The highest BCUT2D eigenvalue weighted by molar-refractivity contribution is 7.90. The molecular formula is C15H30ClN3O3S. The molecule has 0 saturated heterocycles. The third kappa shape index (κ3) is 7.37. The zero-order chi connectivity index (χ0) is 16.2. The van der Waals surface area contributed by atoms with E-state index in [1.165, 1.54) is 0 Å². The first-order valence-electron chi connectivity index (χ1n) is 8.39. The molecule has 0 atom stereocenters. The number of carbonyl (C=O) groups excluding carboxylic acids is 1. The number of sulfonamides is 1. The zero-order valence-electron chi connectivity index (χ0n) is 13.8. The summed E-state index contributed by atoms with van der Waals surface area (Å²) in [7, 11) is -3.55. The van der Waals surface area contributed by atoms with Crippen molar-refractivity contribution in [2.45, 2.75) is 76.4 Å². The minimum Gasteiger partial charge on any atom is -0.352 e. The van der Waals surface area contributed by atoms with E-state index in [4.69, 9.17) is 5.73 Å². The summed E-state index contributed by atoms with van der Waals surface area (Å²) in [6.45, 7) is 2.19. The van der Waals surface area contributed by atoms with Gasteiger partial charge in [0, 0.05) is 18.1 Å². The SMILES string of the molecule is CC1CCC(NS(=O)(=O)CC(=O)NC2CCC(N)CC2)CC1.Cl. The van der Waals surface area contributed by atoms with Crippen molar-refractivity contribution in [3.63, 3.8) is 0 Å². The van der Waals surface area contributed by atoms with Crippen LogP contribution in [0.2, 0.25) is 0 Å². The van der Waals surface area contributed by atoms with Crippen molar-refractivity contribution in [2.75, 3.05) is 5.75 Å². The summed E-state index contributed by atoms with van der Waals surface area (Å²) in [5, 5.41) is 2.83. The second-order valence-electron chi connectivity index (χ2n) is 7.01. The highest BCUT2D eigenvalue weighted by atomic mass is 35.5. The van der Waals surface area contributed by atoms with E-state index < -0.39 is 21.7 Å². The predicted molar refractivity (Wildman–Crippen MR) is 94.0 cm³/mol. The molecule has 0 aromatic rings. The third-order valence-electron chi connectivity index (χ3n) is 4.82. The molecule has 0 aromatic heterocycles. The van der Waals surface area contributed by atoms with Crippen molar-refractivity contribution in [3.05, 3.63) is 0 Å². The Labute approximate surface area is 145 Å². The summed E-state index contributed by atoms with van der Waals surface area (Å²) in [5.74, 6) is -0.208. The Balaban J connectivity index is 0.00000264. The number of hydrogen-bond acceptors (Lipinski definition) is 4. The van der Waals surface area contributed by atoms with Crippen LogP contribution in [0.3, 0.4) is 0 Å². The molecule has 2 aliphatic rings. The Hall–Kier alpha value is -0.370. The molecule has 6 nitrogen and oxygen atoms in total. The molecule has 1 amide bonds. The largest absolute Gasteiger partial charge is 0.352 e. The van der Waals surface area contributed by atoms with Gasteiger partial charge >= 0.3 is 0 Å². The number of rotatable bonds is 5. The molecule has 0 aromatic carbocycles. The van der Waals surface area contributed by atoms with Crippen molar-refractivity contribution in [1.82, 2.24) is 10.0 Å². The molecule has 0 heterocycles. The van der Waals surface area contributed by atoms with Crippen molar-refractivity contribution in [3.8, 4) is 0 Å². The molecule has 2 rings (SSSR count). The summed E-state index contributed by atoms with van der Waals surface area (Å²) in [6.07, 6.45) is 7.25. The van der Waals surface area contributed by atoms with Crippen molar-refractivity contribution in [2.24, 2.45) is 11.7 Å². The van der Waals surface area contributed by atoms with Gasteiger partial charge in [-0.15, -0.1) is 12.4 Å². The van der Waals surface area contributed by atoms with Crippen molar-refractivity contribution in [1.29, 1.82) is 0 Å². The summed E-state index contributed by atoms with van der Waals surface area (Å²) in [4.78, 5) is 11.9. The normalized spacial score (nSPS) is 31.9. The van der Waals surface area contributed by atoms with Crippen molar-refractivity contribution >= 4 is 28.3 Å². The first-order valence-corrected chi connectivity index (χ1v) is 10.0. The average molecular weight is 368 g/mol. The topological polar surface area (TPSA) is 101 Å². The maximum Gasteiger partial charge on any atom is 0.236 e. The highest BCUT2D eigenvalue weighted by Gasteiger charge is 2.26. The van der Waals surface area contributed by atoms with Gasteiger partial charge in [0.05, 0.1) is 0 Å². The Bertz CT molecular complexity index is 470. The third-order valence-corrected chi connectivity index (χ3v) is 6.15. The molecular weight excluding hydrogens is 338 g/mol. The van der Waals surface area contributed by atoms with E-state index in [0.29, 0.717) is 5.92 Å². The lowest BCUT2D eigenvalue weighted by Gasteiger charge is -2.28. The van der Waals surface area contributed by atoms with Gasteiger partial charge < -0.3 is 11.1 Å². The van der Waals surface area contributed by atoms with Gasteiger partial charge in [-0.3, -0.25) is 4.79 Å². The lowest BCUT2D eigenvalue weighted by Crippen LogP contribution is -2.46. The lowest BCUT2D eigenvalue weighted by molar-refractivity contribution is -0.119. The summed E-state index contributed by atoms with van der Waals surface area (Å²) < 4.78 is 26.9. The van der Waals surface area contributed by atoms with Crippen LogP contribution >= 0.6 is 12.4 Å². The zero-order valence-corrected chi connectivity index (χ0v) is 15.4. The molecule has 0 unspecified atom stereocenters. The van der Waals surface area contributed by atoms with Gasteiger partial charge in [0.15, 0.2) is 0 Å². The molecule has 0 spiro atoms. The van der Waals surface area contributed by atoms with Crippen LogP contribution in [-0.2, 0) is 14.8 Å². The number of amides is 1. The fraction of sp³-hybridized carbons (Fsp3) is 0.933. The van der Waals surface area contributed by atoms with Crippen LogP contribution in [0.4, 0.5) is 0 Å². The van der Waals surface area contributed by atoms with Crippen LogP contribution in [0.25, 0.3) is 0 Å². The van der Waals surface area contributed by atoms with E-state index in [1.54, 1.807) is 0 Å². The second-order valence-corrected chi connectivity index (χ2v) is 8.77. The lowest BCUT2D eigenvalue weighted by atomic mass is 9.88. The molecule has 23 heavy (non-hydrogen) atoms. The van der Waals surface area contributed by atoms with Crippen LogP contribution in [-0.4, -0.2) is 38.2 Å². The van der Waals surface area contributed by atoms with E-state index in [9.17, 15) is 13.2 Å². The van der Waals surface area contributed by atoms with Gasteiger partial charge in [0.2, 0.25) is 15.9 Å². The molecule has 136 valence electrons. The van der Waals surface area contributed by atoms with Crippen molar-refractivity contribution < 1.29 is 13.2 Å². The monoisotopic (exact) mass is 367 g/mol. The number of carbonyl (C=O) groups is 1. The molecule has 0 radical (unpaired) electrons. The molecule has 2 aliphatic carbocycles. The van der Waals surface area contributed by atoms with E-state index in [2.05, 4.69) is 17.0 Å². The van der Waals surface area contributed by atoms with Gasteiger partial charge in [0.1, 0.15) is 5.75 Å². The number of nitrogens with one attached hydrogen (secondary N) is 2. The van der Waals surface area contributed by atoms with Gasteiger partial charge in [-0.1, -0.05) is 6.92 Å². The maximum atomic E-state index is 12.1. The fourth-order valence-corrected chi connectivity index (χ4v) is 4.63. The van der Waals surface area contributed by atoms with Crippen LogP contribution in [0, 0.1) is 5.92 Å². The molecule has 2 saturated carbocycles. The van der Waals surface area contributed by atoms with E-state index in [1.807, 2.05) is 0 Å². The van der Waals surface area contributed by atoms with Crippen LogP contribution < -0.4 is 15.8 Å². The second kappa shape index (κ2) is 9.20. The minimum atomic E-state index is -3.55. The van der Waals surface area contributed by atoms with E-state index >= 15 is 0 Å². The maximum absolute atomic E-state index is 12.1. The Morgan fingerprint density at radius 3 is 2.09 bits per heavy atom. The van der Waals surface area contributed by atoms with Gasteiger partial charge in [0.25, 0.3) is 0 Å². The van der Waals surface area contributed by atoms with Crippen LogP contribution in [0.5, 0.6) is 0 Å². The summed E-state index contributed by atoms with van der Waals surface area (Å²) >= 11 is 0. The van der Waals surface area contributed by atoms with Crippen LogP contribution in [0.1, 0.15) is 58.3 Å². The van der Waals surface area contributed by atoms with Gasteiger partial charge in [-0.25, -0.2) is 13.1 Å². The molecule has 8 heteroatoms. The molecule has 4 N–H and O–H groups in total. The molecule has 2 fully saturated rings. The molecule has 0 bridgehead atoms. The summed E-state index contributed by atoms with van der Waals surface area (Å²) in [6, 6.07) is 0.270. The standard InChI is InChI=1S/C15H29N3O3S.ClH/c1-11-2-6-14(7-3-11)18-22(20,21)10-15(19)17-13-8-4-12(16)5-9-13;/h11-14,18H,2-10,16H2,1H3,(H,17,19);1H. The quantitative estimate of drug-likeness (QED) is 0.681. The number of halogens is 1. The highest BCUT2D eigenvalue weighted by Crippen LogP contribution is 2.23. The Morgan fingerprint density at radius 2 is 1.52 bits per heavy atom. The number of nitrogens with two attached hydrogens (primary N) is 1. The smallest absolute Gasteiger partial charge is 0.236 e. The van der Waals surface area contributed by atoms with Gasteiger partial charge in [-0.2, -0.15) is 0 Å². The van der Waals surface area contributed by atoms with Gasteiger partial charge in [-0.05, 0) is 57.3 Å². The molecule has 0 aliphatic heterocycles. The first-order chi connectivity index (χ1) is 10.3. The Morgan fingerprint density at radius 1 is 1.00 bits per heavy atom. The average Bonchev–Trinajstić information content (AvgIpc) is 2.43. The predicted octanol–water partition coefficient (Wildman–Crippen LogP) is 1.29.